The molecular weight excluding hydrogens is 292 g/mol. The smallest absolute Gasteiger partial charge is 0.308 e. The number of carbonyl (C=O) groups is 2. The number of carbonyl (C=O) groups excluding carboxylic acids is 1. The van der Waals surface area contributed by atoms with Gasteiger partial charge in [-0.05, 0) is 31.4 Å². The van der Waals surface area contributed by atoms with Crippen molar-refractivity contribution >= 4 is 22.8 Å². The van der Waals surface area contributed by atoms with Gasteiger partial charge in [-0.2, -0.15) is 0 Å². The summed E-state index contributed by atoms with van der Waals surface area (Å²) in [7, 11) is 0. The van der Waals surface area contributed by atoms with Crippen molar-refractivity contribution in [3.63, 3.8) is 0 Å². The summed E-state index contributed by atoms with van der Waals surface area (Å²) in [6.07, 6.45) is 2.78. The van der Waals surface area contributed by atoms with E-state index in [-0.39, 0.29) is 5.91 Å². The molecule has 0 bridgehead atoms. The van der Waals surface area contributed by atoms with E-state index in [9.17, 15) is 9.59 Å². The molecule has 23 heavy (non-hydrogen) atoms. The number of nitrogens with zero attached hydrogens (tertiary/aromatic N) is 2. The summed E-state index contributed by atoms with van der Waals surface area (Å²) >= 11 is 0. The van der Waals surface area contributed by atoms with E-state index >= 15 is 0 Å². The van der Waals surface area contributed by atoms with Gasteiger partial charge in [0.1, 0.15) is 0 Å². The summed E-state index contributed by atoms with van der Waals surface area (Å²) in [4.78, 5) is 30.4. The molecular formula is C18H18N2O3. The third-order valence-electron chi connectivity index (χ3n) is 4.79. The molecule has 1 saturated carbocycles. The highest BCUT2D eigenvalue weighted by Crippen LogP contribution is 2.40. The molecule has 1 saturated heterocycles. The summed E-state index contributed by atoms with van der Waals surface area (Å²) in [5.41, 5.74) is 2.49. The largest absolute Gasteiger partial charge is 0.481 e. The van der Waals surface area contributed by atoms with Gasteiger partial charge in [0.15, 0.2) is 0 Å². The number of benzene rings is 1. The zero-order valence-corrected chi connectivity index (χ0v) is 12.7. The second kappa shape index (κ2) is 5.33. The lowest BCUT2D eigenvalue weighted by molar-refractivity contribution is -0.141. The van der Waals surface area contributed by atoms with Crippen LogP contribution in [0.15, 0.2) is 30.3 Å². The molecule has 5 heteroatoms. The lowest BCUT2D eigenvalue weighted by Gasteiger charge is -2.18. The molecule has 2 aliphatic rings. The maximum absolute atomic E-state index is 12.9. The van der Waals surface area contributed by atoms with Gasteiger partial charge in [0.2, 0.25) is 0 Å². The van der Waals surface area contributed by atoms with Crippen molar-refractivity contribution in [3.8, 4) is 0 Å². The molecule has 0 spiro atoms. The highest BCUT2D eigenvalue weighted by Gasteiger charge is 2.33. The topological polar surface area (TPSA) is 70.5 Å². The minimum absolute atomic E-state index is 0.0748. The lowest BCUT2D eigenvalue weighted by Crippen LogP contribution is -2.30. The Balaban J connectivity index is 1.72. The second-order valence-corrected chi connectivity index (χ2v) is 6.46. The number of pyridine rings is 1. The fourth-order valence-electron chi connectivity index (χ4n) is 3.28. The third kappa shape index (κ3) is 2.56. The van der Waals surface area contributed by atoms with Gasteiger partial charge in [-0.25, -0.2) is 0 Å². The summed E-state index contributed by atoms with van der Waals surface area (Å²) in [6, 6.07) is 9.59. The summed E-state index contributed by atoms with van der Waals surface area (Å²) in [5.74, 6) is -0.876. The first kappa shape index (κ1) is 14.2. The van der Waals surface area contributed by atoms with Gasteiger partial charge in [0, 0.05) is 30.1 Å². The molecule has 1 N–H and O–H groups in total. The SMILES string of the molecule is O=C(O)[C@@H]1CCN(C(=O)c2cc(C3CC3)nc3ccccc23)C1. The molecule has 118 valence electrons. The van der Waals surface area contributed by atoms with Crippen LogP contribution in [0.4, 0.5) is 0 Å². The minimum Gasteiger partial charge on any atom is -0.481 e. The van der Waals surface area contributed by atoms with Crippen LogP contribution < -0.4 is 0 Å². The highest BCUT2D eigenvalue weighted by atomic mass is 16.4. The quantitative estimate of drug-likeness (QED) is 0.946. The van der Waals surface area contributed by atoms with E-state index < -0.39 is 11.9 Å². The highest BCUT2D eigenvalue weighted by molar-refractivity contribution is 6.06. The Morgan fingerprint density at radius 1 is 1.17 bits per heavy atom. The Kier molecular flexibility index (Phi) is 3.29. The number of carboxylic acid groups (broad SMARTS) is 1. The first-order valence-electron chi connectivity index (χ1n) is 8.05. The van der Waals surface area contributed by atoms with Crippen molar-refractivity contribution < 1.29 is 14.7 Å². The molecule has 1 amide bonds. The van der Waals surface area contributed by atoms with Crippen molar-refractivity contribution in [1.29, 1.82) is 0 Å². The molecule has 1 aliphatic carbocycles. The second-order valence-electron chi connectivity index (χ2n) is 6.46. The Hall–Kier alpha value is -2.43. The fourth-order valence-corrected chi connectivity index (χ4v) is 3.28. The number of likely N-dealkylation sites (tertiary alicyclic amines) is 1. The van der Waals surface area contributed by atoms with Crippen LogP contribution in [0.1, 0.15) is 41.2 Å². The maximum Gasteiger partial charge on any atom is 0.308 e. The molecule has 0 radical (unpaired) electrons. The van der Waals surface area contributed by atoms with Crippen LogP contribution in [-0.4, -0.2) is 40.0 Å². The minimum atomic E-state index is -0.821. The van der Waals surface area contributed by atoms with E-state index in [0.717, 1.165) is 29.4 Å². The van der Waals surface area contributed by atoms with Gasteiger partial charge < -0.3 is 10.0 Å². The molecule has 1 aliphatic heterocycles. The van der Waals surface area contributed by atoms with Gasteiger partial charge in [-0.3, -0.25) is 14.6 Å². The Bertz CT molecular complexity index is 798. The van der Waals surface area contributed by atoms with Crippen LogP contribution in [0.2, 0.25) is 0 Å². The number of fused-ring (bicyclic) bond motifs is 1. The molecule has 4 rings (SSSR count). The molecule has 2 fully saturated rings. The van der Waals surface area contributed by atoms with Crippen molar-refractivity contribution in [2.45, 2.75) is 25.2 Å². The van der Waals surface area contributed by atoms with Crippen molar-refractivity contribution in [2.24, 2.45) is 5.92 Å². The van der Waals surface area contributed by atoms with Gasteiger partial charge in [0.25, 0.3) is 5.91 Å². The van der Waals surface area contributed by atoms with E-state index in [1.165, 1.54) is 0 Å². The van der Waals surface area contributed by atoms with Crippen molar-refractivity contribution in [3.05, 3.63) is 41.6 Å². The Morgan fingerprint density at radius 3 is 2.65 bits per heavy atom. The van der Waals surface area contributed by atoms with Gasteiger partial charge in [-0.1, -0.05) is 18.2 Å². The first-order valence-corrected chi connectivity index (χ1v) is 8.05. The number of amides is 1. The number of hydrogen-bond donors (Lipinski definition) is 1. The predicted octanol–water partition coefficient (Wildman–Crippen LogP) is 2.66. The van der Waals surface area contributed by atoms with E-state index in [1.54, 1.807) is 4.90 Å². The number of hydrogen-bond acceptors (Lipinski definition) is 3. The number of carboxylic acids is 1. The lowest BCUT2D eigenvalue weighted by atomic mass is 10.0. The number of aromatic nitrogens is 1. The van der Waals surface area contributed by atoms with Crippen molar-refractivity contribution in [1.82, 2.24) is 9.88 Å². The Labute approximate surface area is 133 Å². The van der Waals surface area contributed by atoms with E-state index in [4.69, 9.17) is 5.11 Å². The van der Waals surface area contributed by atoms with Crippen LogP contribution in [0, 0.1) is 5.92 Å². The molecule has 1 aromatic carbocycles. The van der Waals surface area contributed by atoms with Crippen LogP contribution >= 0.6 is 0 Å². The van der Waals surface area contributed by atoms with E-state index in [1.807, 2.05) is 30.3 Å². The first-order chi connectivity index (χ1) is 11.1. The van der Waals surface area contributed by atoms with Crippen LogP contribution in [0.5, 0.6) is 0 Å². The predicted molar refractivity (Wildman–Crippen MR) is 85.4 cm³/mol. The molecule has 0 unspecified atom stereocenters. The molecule has 1 aromatic heterocycles. The van der Waals surface area contributed by atoms with Gasteiger partial charge >= 0.3 is 5.97 Å². The maximum atomic E-state index is 12.9. The molecule has 2 heterocycles. The number of para-hydroxylation sites is 1. The number of rotatable bonds is 3. The number of aliphatic carboxylic acids is 1. The third-order valence-corrected chi connectivity index (χ3v) is 4.79. The average molecular weight is 310 g/mol. The van der Waals surface area contributed by atoms with Crippen LogP contribution in [0.3, 0.4) is 0 Å². The summed E-state index contributed by atoms with van der Waals surface area (Å²) in [5, 5.41) is 9.98. The zero-order valence-electron chi connectivity index (χ0n) is 12.7. The zero-order chi connectivity index (χ0) is 16.0. The summed E-state index contributed by atoms with van der Waals surface area (Å²) < 4.78 is 0. The van der Waals surface area contributed by atoms with Gasteiger partial charge in [0.05, 0.1) is 17.0 Å². The Morgan fingerprint density at radius 2 is 1.96 bits per heavy atom. The normalized spacial score (nSPS) is 20.9. The van der Waals surface area contributed by atoms with Crippen LogP contribution in [-0.2, 0) is 4.79 Å². The summed E-state index contributed by atoms with van der Waals surface area (Å²) in [6.45, 7) is 0.800. The van der Waals surface area contributed by atoms with Crippen LogP contribution in [0.25, 0.3) is 10.9 Å². The van der Waals surface area contributed by atoms with Crippen molar-refractivity contribution in [2.75, 3.05) is 13.1 Å². The average Bonchev–Trinajstić information content (AvgIpc) is 3.29. The molecule has 2 aromatic rings. The molecule has 5 nitrogen and oxygen atoms in total. The van der Waals surface area contributed by atoms with E-state index in [2.05, 4.69) is 4.98 Å². The van der Waals surface area contributed by atoms with E-state index in [0.29, 0.717) is 31.0 Å². The van der Waals surface area contributed by atoms with Gasteiger partial charge in [-0.15, -0.1) is 0 Å². The molecule has 1 atom stereocenters. The fraction of sp³-hybridized carbons (Fsp3) is 0.389. The monoisotopic (exact) mass is 310 g/mol. The standard InChI is InChI=1S/C18H18N2O3/c21-17(20-8-7-12(10-20)18(22)23)14-9-16(11-5-6-11)19-15-4-2-1-3-13(14)15/h1-4,9,11-12H,5-8,10H2,(H,22,23)/t12-/m1/s1.